The molecule has 0 aliphatic carbocycles. The summed E-state index contributed by atoms with van der Waals surface area (Å²) >= 11 is 0. The summed E-state index contributed by atoms with van der Waals surface area (Å²) < 4.78 is 1.90. The van der Waals surface area contributed by atoms with Crippen molar-refractivity contribution in [3.05, 3.63) is 60.1 Å². The lowest BCUT2D eigenvalue weighted by Gasteiger charge is -2.10. The minimum atomic E-state index is 0.826. The van der Waals surface area contributed by atoms with Crippen LogP contribution in [0, 0.1) is 0 Å². The summed E-state index contributed by atoms with van der Waals surface area (Å²) in [5.74, 6) is 0. The molecule has 0 N–H and O–H groups in total. The van der Waals surface area contributed by atoms with Gasteiger partial charge in [0, 0.05) is 36.1 Å². The maximum Gasteiger partial charge on any atom is 0.156 e. The van der Waals surface area contributed by atoms with Gasteiger partial charge in [-0.25, -0.2) is 9.50 Å². The molecule has 0 saturated heterocycles. The second kappa shape index (κ2) is 5.35. The van der Waals surface area contributed by atoms with Crippen molar-refractivity contribution in [3.63, 3.8) is 0 Å². The molecule has 5 nitrogen and oxygen atoms in total. The van der Waals surface area contributed by atoms with E-state index in [0.29, 0.717) is 0 Å². The van der Waals surface area contributed by atoms with Crippen LogP contribution < -0.4 is 0 Å². The van der Waals surface area contributed by atoms with Crippen LogP contribution in [-0.4, -0.2) is 31.9 Å². The van der Waals surface area contributed by atoms with Crippen molar-refractivity contribution in [2.75, 3.05) is 6.54 Å². The van der Waals surface area contributed by atoms with Crippen LogP contribution in [0.25, 0.3) is 23.0 Å². The molecule has 0 saturated carbocycles. The summed E-state index contributed by atoms with van der Waals surface area (Å²) in [6, 6.07) is 12.2. The Bertz CT molecular complexity index is 921. The first-order valence-corrected chi connectivity index (χ1v) is 7.71. The van der Waals surface area contributed by atoms with Crippen molar-refractivity contribution in [2.24, 2.45) is 5.10 Å². The first kappa shape index (κ1) is 13.7. The van der Waals surface area contributed by atoms with E-state index in [4.69, 9.17) is 5.10 Å². The second-order valence-corrected chi connectivity index (χ2v) is 5.48. The molecule has 23 heavy (non-hydrogen) atoms. The van der Waals surface area contributed by atoms with Gasteiger partial charge >= 0.3 is 0 Å². The highest BCUT2D eigenvalue weighted by atomic mass is 15.4. The SMILES string of the molecule is CCN1C=Cc2c(cnc3cc(-c4ccccc4)nn23)C(C)=N1. The molecule has 114 valence electrons. The Labute approximate surface area is 134 Å². The number of rotatable bonds is 2. The largest absolute Gasteiger partial charge is 0.273 e. The minimum absolute atomic E-state index is 0.826. The van der Waals surface area contributed by atoms with Gasteiger partial charge in [-0.15, -0.1) is 0 Å². The molecule has 5 heteroatoms. The van der Waals surface area contributed by atoms with E-state index in [9.17, 15) is 0 Å². The van der Waals surface area contributed by atoms with Gasteiger partial charge in [-0.3, -0.25) is 5.01 Å². The second-order valence-electron chi connectivity index (χ2n) is 5.48. The third-order valence-electron chi connectivity index (χ3n) is 3.99. The Morgan fingerprint density at radius 1 is 1.13 bits per heavy atom. The van der Waals surface area contributed by atoms with Gasteiger partial charge in [0.2, 0.25) is 0 Å². The lowest BCUT2D eigenvalue weighted by molar-refractivity contribution is 0.425. The number of aromatic nitrogens is 3. The summed E-state index contributed by atoms with van der Waals surface area (Å²) in [5.41, 5.74) is 5.81. The van der Waals surface area contributed by atoms with Crippen LogP contribution in [0.15, 0.2) is 53.9 Å². The zero-order valence-electron chi connectivity index (χ0n) is 13.1. The lowest BCUT2D eigenvalue weighted by Crippen LogP contribution is -2.10. The predicted octanol–water partition coefficient (Wildman–Crippen LogP) is 3.43. The van der Waals surface area contributed by atoms with Crippen molar-refractivity contribution in [1.82, 2.24) is 19.6 Å². The molecule has 0 spiro atoms. The molecule has 3 aromatic rings. The van der Waals surface area contributed by atoms with Crippen LogP contribution in [0.4, 0.5) is 0 Å². The van der Waals surface area contributed by atoms with E-state index in [1.807, 2.05) is 53.1 Å². The fraction of sp³-hybridized carbons (Fsp3) is 0.167. The Morgan fingerprint density at radius 3 is 2.74 bits per heavy atom. The fourth-order valence-corrected chi connectivity index (χ4v) is 2.75. The summed E-state index contributed by atoms with van der Waals surface area (Å²) in [7, 11) is 0. The average Bonchev–Trinajstić information content (AvgIpc) is 2.96. The molecule has 0 radical (unpaired) electrons. The first-order valence-electron chi connectivity index (χ1n) is 7.71. The normalized spacial score (nSPS) is 13.8. The first-order chi connectivity index (χ1) is 11.3. The monoisotopic (exact) mass is 303 g/mol. The average molecular weight is 303 g/mol. The highest BCUT2D eigenvalue weighted by molar-refractivity contribution is 6.01. The van der Waals surface area contributed by atoms with Crippen LogP contribution in [0.3, 0.4) is 0 Å². The van der Waals surface area contributed by atoms with E-state index in [1.54, 1.807) is 0 Å². The third kappa shape index (κ3) is 2.30. The van der Waals surface area contributed by atoms with E-state index < -0.39 is 0 Å². The number of fused-ring (bicyclic) bond motifs is 3. The van der Waals surface area contributed by atoms with Crippen molar-refractivity contribution in [2.45, 2.75) is 13.8 Å². The van der Waals surface area contributed by atoms with Crippen molar-refractivity contribution < 1.29 is 0 Å². The zero-order valence-corrected chi connectivity index (χ0v) is 13.1. The molecule has 0 bridgehead atoms. The molecule has 1 aliphatic rings. The van der Waals surface area contributed by atoms with Gasteiger partial charge in [0.15, 0.2) is 5.65 Å². The van der Waals surface area contributed by atoms with Crippen LogP contribution in [0.1, 0.15) is 25.1 Å². The molecule has 0 fully saturated rings. The van der Waals surface area contributed by atoms with Gasteiger partial charge < -0.3 is 0 Å². The molecule has 0 atom stereocenters. The Balaban J connectivity index is 1.92. The highest BCUT2D eigenvalue weighted by Gasteiger charge is 2.15. The van der Waals surface area contributed by atoms with Gasteiger partial charge in [-0.05, 0) is 19.9 Å². The summed E-state index contributed by atoms with van der Waals surface area (Å²) in [4.78, 5) is 4.55. The van der Waals surface area contributed by atoms with Crippen LogP contribution in [0.5, 0.6) is 0 Å². The van der Waals surface area contributed by atoms with Crippen molar-refractivity contribution in [1.29, 1.82) is 0 Å². The molecule has 3 heterocycles. The summed E-state index contributed by atoms with van der Waals surface area (Å²) in [6.45, 7) is 4.91. The summed E-state index contributed by atoms with van der Waals surface area (Å²) in [5, 5.41) is 11.3. The molecule has 1 aromatic carbocycles. The van der Waals surface area contributed by atoms with Crippen LogP contribution >= 0.6 is 0 Å². The maximum atomic E-state index is 4.75. The molecular formula is C18H17N5. The molecule has 0 unspecified atom stereocenters. The number of hydrogen-bond donors (Lipinski definition) is 0. The van der Waals surface area contributed by atoms with Gasteiger partial charge in [0.1, 0.15) is 0 Å². The molecule has 0 amide bonds. The number of benzene rings is 1. The Morgan fingerprint density at radius 2 is 1.96 bits per heavy atom. The quantitative estimate of drug-likeness (QED) is 0.728. The lowest BCUT2D eigenvalue weighted by atomic mass is 10.1. The molecule has 2 aromatic heterocycles. The zero-order chi connectivity index (χ0) is 15.8. The molecule has 1 aliphatic heterocycles. The van der Waals surface area contributed by atoms with E-state index in [0.717, 1.165) is 40.4 Å². The third-order valence-corrected chi connectivity index (χ3v) is 3.99. The number of hydrazone groups is 1. The fourth-order valence-electron chi connectivity index (χ4n) is 2.75. The highest BCUT2D eigenvalue weighted by Crippen LogP contribution is 2.22. The minimum Gasteiger partial charge on any atom is -0.273 e. The van der Waals surface area contributed by atoms with E-state index >= 15 is 0 Å². The van der Waals surface area contributed by atoms with E-state index in [-0.39, 0.29) is 0 Å². The Hall–Kier alpha value is -2.95. The van der Waals surface area contributed by atoms with Gasteiger partial charge in [-0.1, -0.05) is 30.3 Å². The Kier molecular flexibility index (Phi) is 3.19. The molecule has 4 rings (SSSR count). The molecular weight excluding hydrogens is 286 g/mol. The standard InChI is InChI=1S/C18H17N5/c1-3-22-10-9-17-15(13(2)20-22)12-19-18-11-16(21-23(17)18)14-7-5-4-6-8-14/h4-12H,3H2,1-2H3. The summed E-state index contributed by atoms with van der Waals surface area (Å²) in [6.07, 6.45) is 5.91. The smallest absolute Gasteiger partial charge is 0.156 e. The topological polar surface area (TPSA) is 45.8 Å². The predicted molar refractivity (Wildman–Crippen MR) is 92.0 cm³/mol. The number of hydrogen-bond acceptors (Lipinski definition) is 4. The van der Waals surface area contributed by atoms with Gasteiger partial charge in [-0.2, -0.15) is 10.2 Å². The number of nitrogens with zero attached hydrogens (tertiary/aromatic N) is 5. The van der Waals surface area contributed by atoms with Crippen molar-refractivity contribution >= 4 is 17.4 Å². The van der Waals surface area contributed by atoms with E-state index in [2.05, 4.69) is 35.2 Å². The van der Waals surface area contributed by atoms with Crippen LogP contribution in [-0.2, 0) is 0 Å². The van der Waals surface area contributed by atoms with Gasteiger partial charge in [0.05, 0.1) is 17.1 Å². The maximum absolute atomic E-state index is 4.75. The van der Waals surface area contributed by atoms with E-state index in [1.165, 1.54) is 0 Å². The van der Waals surface area contributed by atoms with Crippen LogP contribution in [0.2, 0.25) is 0 Å². The van der Waals surface area contributed by atoms with Crippen molar-refractivity contribution in [3.8, 4) is 11.3 Å². The van der Waals surface area contributed by atoms with Gasteiger partial charge in [0.25, 0.3) is 0 Å².